The molecule has 2 N–H and O–H groups in total. The van der Waals surface area contributed by atoms with Gasteiger partial charge >= 0.3 is 11.9 Å². The van der Waals surface area contributed by atoms with Gasteiger partial charge in [-0.1, -0.05) is 0 Å². The van der Waals surface area contributed by atoms with E-state index in [2.05, 4.69) is 0 Å². The van der Waals surface area contributed by atoms with Crippen LogP contribution in [-0.4, -0.2) is 28.4 Å². The smallest absolute Gasteiger partial charge is 0.347 e. The normalized spacial score (nSPS) is 14.4. The van der Waals surface area contributed by atoms with Crippen LogP contribution in [0.2, 0.25) is 0 Å². The molecule has 0 bridgehead atoms. The van der Waals surface area contributed by atoms with Crippen LogP contribution in [0.4, 0.5) is 0 Å². The Labute approximate surface area is 146 Å². The number of aryl methyl sites for hydroxylation is 1. The Kier molecular flexibility index (Phi) is 3.20. The van der Waals surface area contributed by atoms with Gasteiger partial charge in [-0.15, -0.1) is 0 Å². The highest BCUT2D eigenvalue weighted by Gasteiger charge is 2.38. The zero-order chi connectivity index (χ0) is 18.7. The lowest BCUT2D eigenvalue weighted by Crippen LogP contribution is -2.11. The van der Waals surface area contributed by atoms with E-state index in [-0.39, 0.29) is 46.3 Å². The Balaban J connectivity index is 2.07. The van der Waals surface area contributed by atoms with E-state index >= 15 is 0 Å². The maximum Gasteiger partial charge on any atom is 0.347 e. The molecule has 0 aliphatic carbocycles. The van der Waals surface area contributed by atoms with E-state index in [4.69, 9.17) is 14.2 Å². The fraction of sp³-hybridized carbons (Fsp3) is 0.167. The molecule has 0 amide bonds. The summed E-state index contributed by atoms with van der Waals surface area (Å²) in [5.74, 6) is -3.09. The van der Waals surface area contributed by atoms with Gasteiger partial charge in [-0.2, -0.15) is 0 Å². The molecule has 0 saturated heterocycles. The van der Waals surface area contributed by atoms with Crippen LogP contribution in [0.5, 0.6) is 28.7 Å². The number of aromatic hydroxyl groups is 2. The summed E-state index contributed by atoms with van der Waals surface area (Å²) in [6.07, 6.45) is 0.331. The largest absolute Gasteiger partial charge is 0.507 e. The molecule has 26 heavy (non-hydrogen) atoms. The minimum absolute atomic E-state index is 0.0531. The van der Waals surface area contributed by atoms with Gasteiger partial charge in [-0.25, -0.2) is 9.59 Å². The second kappa shape index (κ2) is 5.22. The summed E-state index contributed by atoms with van der Waals surface area (Å²) in [6, 6.07) is 1.24. The van der Waals surface area contributed by atoms with Crippen molar-refractivity contribution in [2.75, 3.05) is 0 Å². The summed E-state index contributed by atoms with van der Waals surface area (Å²) in [7, 11) is 0. The average molecular weight is 356 g/mol. The Bertz CT molecular complexity index is 1030. The summed E-state index contributed by atoms with van der Waals surface area (Å²) in [6.45, 7) is 3.07. The number of hydrogen-bond acceptors (Lipinski definition) is 8. The standard InChI is InChI=1S/C18H12O8/c1-6-3-10(20)8(4-19)15-11(6)18(23)26-14-7(2)9-5-24-17(22)12(9)13(21)16(14)25-15/h3-4,20-21H,5H2,1-2H3. The predicted molar refractivity (Wildman–Crippen MR) is 85.2 cm³/mol. The molecule has 0 atom stereocenters. The second-order valence-electron chi connectivity index (χ2n) is 6.00. The van der Waals surface area contributed by atoms with Crippen molar-refractivity contribution in [3.05, 3.63) is 39.4 Å². The first kappa shape index (κ1) is 15.9. The van der Waals surface area contributed by atoms with Crippen LogP contribution in [0.3, 0.4) is 0 Å². The third-order valence-corrected chi connectivity index (χ3v) is 4.52. The van der Waals surface area contributed by atoms with Crippen molar-refractivity contribution in [3.63, 3.8) is 0 Å². The number of phenols is 2. The van der Waals surface area contributed by atoms with Crippen LogP contribution in [0, 0.1) is 13.8 Å². The first-order valence-corrected chi connectivity index (χ1v) is 7.62. The van der Waals surface area contributed by atoms with Crippen molar-refractivity contribution in [2.24, 2.45) is 0 Å². The van der Waals surface area contributed by atoms with Crippen molar-refractivity contribution in [1.29, 1.82) is 0 Å². The fourth-order valence-corrected chi connectivity index (χ4v) is 3.19. The third-order valence-electron chi connectivity index (χ3n) is 4.52. The first-order chi connectivity index (χ1) is 12.3. The van der Waals surface area contributed by atoms with Crippen LogP contribution >= 0.6 is 0 Å². The van der Waals surface area contributed by atoms with Gasteiger partial charge in [0.05, 0.1) is 5.56 Å². The van der Waals surface area contributed by atoms with Crippen LogP contribution in [-0.2, 0) is 11.3 Å². The number of phenolic OH excluding ortho intramolecular Hbond substituents is 2. The van der Waals surface area contributed by atoms with E-state index < -0.39 is 17.7 Å². The highest BCUT2D eigenvalue weighted by atomic mass is 16.6. The lowest BCUT2D eigenvalue weighted by atomic mass is 10.0. The summed E-state index contributed by atoms with van der Waals surface area (Å²) in [4.78, 5) is 35.9. The third kappa shape index (κ3) is 1.92. The van der Waals surface area contributed by atoms with Crippen LogP contribution < -0.4 is 9.47 Å². The number of cyclic esters (lactones) is 1. The topological polar surface area (TPSA) is 119 Å². The molecular formula is C18H12O8. The zero-order valence-corrected chi connectivity index (χ0v) is 13.7. The highest BCUT2D eigenvalue weighted by Crippen LogP contribution is 2.52. The van der Waals surface area contributed by atoms with E-state index in [0.29, 0.717) is 23.0 Å². The van der Waals surface area contributed by atoms with Gasteiger partial charge in [-0.05, 0) is 25.5 Å². The minimum Gasteiger partial charge on any atom is -0.507 e. The molecule has 2 aromatic carbocycles. The molecule has 0 radical (unpaired) electrons. The number of aldehydes is 1. The van der Waals surface area contributed by atoms with Gasteiger partial charge in [-0.3, -0.25) is 4.79 Å². The van der Waals surface area contributed by atoms with Crippen molar-refractivity contribution < 1.29 is 38.8 Å². The fourth-order valence-electron chi connectivity index (χ4n) is 3.19. The molecule has 0 fully saturated rings. The van der Waals surface area contributed by atoms with E-state index in [1.165, 1.54) is 13.0 Å². The van der Waals surface area contributed by atoms with Crippen LogP contribution in [0.15, 0.2) is 6.07 Å². The summed E-state index contributed by atoms with van der Waals surface area (Å²) >= 11 is 0. The Hall–Kier alpha value is -3.55. The number of fused-ring (bicyclic) bond motifs is 3. The summed E-state index contributed by atoms with van der Waals surface area (Å²) < 4.78 is 16.0. The molecule has 8 heteroatoms. The molecule has 2 aromatic rings. The van der Waals surface area contributed by atoms with Crippen molar-refractivity contribution in [3.8, 4) is 28.7 Å². The minimum atomic E-state index is -0.813. The van der Waals surface area contributed by atoms with E-state index in [1.54, 1.807) is 6.92 Å². The maximum absolute atomic E-state index is 12.6. The van der Waals surface area contributed by atoms with Gasteiger partial charge in [0.2, 0.25) is 5.75 Å². The van der Waals surface area contributed by atoms with E-state index in [9.17, 15) is 24.6 Å². The molecule has 132 valence electrons. The number of rotatable bonds is 1. The predicted octanol–water partition coefficient (Wildman–Crippen LogP) is 2.52. The molecule has 0 spiro atoms. The van der Waals surface area contributed by atoms with E-state index in [0.717, 1.165) is 0 Å². The number of hydrogen-bond donors (Lipinski definition) is 2. The lowest BCUT2D eigenvalue weighted by Gasteiger charge is -2.15. The molecular weight excluding hydrogens is 344 g/mol. The van der Waals surface area contributed by atoms with Gasteiger partial charge in [0, 0.05) is 11.1 Å². The monoisotopic (exact) mass is 356 g/mol. The van der Waals surface area contributed by atoms with Crippen LogP contribution in [0.1, 0.15) is 47.8 Å². The van der Waals surface area contributed by atoms with Gasteiger partial charge in [0.25, 0.3) is 0 Å². The molecule has 8 nitrogen and oxygen atoms in total. The zero-order valence-electron chi connectivity index (χ0n) is 13.7. The lowest BCUT2D eigenvalue weighted by molar-refractivity contribution is 0.0531. The SMILES string of the molecule is Cc1cc(O)c(C=O)c2c1C(=O)Oc1c(C)c3c(c(O)c1O2)C(=O)OC3. The Morgan fingerprint density at radius 2 is 1.73 bits per heavy atom. The molecule has 4 rings (SSSR count). The number of carbonyl (C=O) groups is 3. The van der Waals surface area contributed by atoms with Gasteiger partial charge in [0.15, 0.2) is 23.5 Å². The average Bonchev–Trinajstić information content (AvgIpc) is 2.89. The first-order valence-electron chi connectivity index (χ1n) is 7.62. The molecule has 0 saturated carbocycles. The molecule has 0 unspecified atom stereocenters. The molecule has 2 aliphatic heterocycles. The van der Waals surface area contributed by atoms with Gasteiger partial charge in [0.1, 0.15) is 23.5 Å². The molecule has 0 aromatic heterocycles. The molecule has 2 heterocycles. The summed E-state index contributed by atoms with van der Waals surface area (Å²) in [5, 5.41) is 20.5. The number of esters is 2. The van der Waals surface area contributed by atoms with E-state index in [1.807, 2.05) is 0 Å². The number of carbonyl (C=O) groups excluding carboxylic acids is 3. The van der Waals surface area contributed by atoms with Crippen LogP contribution in [0.25, 0.3) is 0 Å². The molecule has 2 aliphatic rings. The second-order valence-corrected chi connectivity index (χ2v) is 6.00. The van der Waals surface area contributed by atoms with Crippen molar-refractivity contribution >= 4 is 18.2 Å². The quantitative estimate of drug-likeness (QED) is 0.454. The van der Waals surface area contributed by atoms with Gasteiger partial charge < -0.3 is 24.4 Å². The number of ether oxygens (including phenoxy) is 3. The number of benzene rings is 2. The van der Waals surface area contributed by atoms with Crippen molar-refractivity contribution in [1.82, 2.24) is 0 Å². The Morgan fingerprint density at radius 3 is 2.42 bits per heavy atom. The Morgan fingerprint density at radius 1 is 1.00 bits per heavy atom. The van der Waals surface area contributed by atoms with Crippen molar-refractivity contribution in [2.45, 2.75) is 20.5 Å². The summed E-state index contributed by atoms with van der Waals surface area (Å²) in [5.41, 5.74) is 0.714. The maximum atomic E-state index is 12.6. The highest BCUT2D eigenvalue weighted by molar-refractivity contribution is 6.03.